The molecule has 0 aliphatic carbocycles. The summed E-state index contributed by atoms with van der Waals surface area (Å²) in [6.07, 6.45) is -0.103. The van der Waals surface area contributed by atoms with Crippen molar-refractivity contribution in [1.29, 1.82) is 0 Å². The molecule has 0 aliphatic heterocycles. The molecule has 2 nitrogen and oxygen atoms in total. The molecule has 4 heteroatoms. The van der Waals surface area contributed by atoms with Crippen molar-refractivity contribution >= 4 is 11.6 Å². The smallest absolute Gasteiger partial charge is 0.146 e. The minimum absolute atomic E-state index is 0. The van der Waals surface area contributed by atoms with Gasteiger partial charge in [-0.2, -0.15) is 60.7 Å². The van der Waals surface area contributed by atoms with Gasteiger partial charge in [0.2, 0.25) is 0 Å². The molecule has 2 aromatic rings. The van der Waals surface area contributed by atoms with Crippen LogP contribution in [0.4, 0.5) is 0 Å². The molecule has 0 saturated carbocycles. The molecule has 90 valence electrons. The van der Waals surface area contributed by atoms with E-state index in [4.69, 9.17) is 0 Å². The fourth-order valence-corrected chi connectivity index (χ4v) is 1.50. The Balaban J connectivity index is 0.00000162. The third-order valence-corrected chi connectivity index (χ3v) is 2.40. The summed E-state index contributed by atoms with van der Waals surface area (Å²) >= 11 is 0. The first-order valence-electron chi connectivity index (χ1n) is 5.26. The summed E-state index contributed by atoms with van der Waals surface area (Å²) in [4.78, 5) is 23.6. The van der Waals surface area contributed by atoms with Gasteiger partial charge in [-0.25, -0.2) is 0 Å². The van der Waals surface area contributed by atoms with Crippen molar-refractivity contribution < 1.29 is 75.0 Å². The first kappa shape index (κ1) is 19.0. The van der Waals surface area contributed by atoms with Crippen LogP contribution in [0.5, 0.6) is 0 Å². The molecule has 0 amide bonds. The van der Waals surface area contributed by atoms with Gasteiger partial charge in [-0.3, -0.25) is 9.59 Å². The predicted octanol–water partition coefficient (Wildman–Crippen LogP) is 2.74. The van der Waals surface area contributed by atoms with Crippen molar-refractivity contribution in [3.63, 3.8) is 0 Å². The second-order valence-corrected chi connectivity index (χ2v) is 3.60. The number of rotatable bonds is 4. The van der Waals surface area contributed by atoms with Crippen LogP contribution in [0.25, 0.3) is 0 Å². The third kappa shape index (κ3) is 5.87. The quantitative estimate of drug-likeness (QED) is 0.450. The van der Waals surface area contributed by atoms with Crippen molar-refractivity contribution in [2.75, 3.05) is 0 Å². The fourth-order valence-electron chi connectivity index (χ4n) is 1.50. The van der Waals surface area contributed by atoms with Gasteiger partial charge in [0.05, 0.1) is 6.42 Å². The molecule has 0 unspecified atom stereocenters. The molecule has 0 N–H and O–H groups in total. The molecule has 0 fully saturated rings. The molecule has 19 heavy (non-hydrogen) atoms. The van der Waals surface area contributed by atoms with Crippen LogP contribution in [0.1, 0.15) is 27.1 Å². The zero-order valence-corrected chi connectivity index (χ0v) is 16.0. The van der Waals surface area contributed by atoms with Crippen LogP contribution >= 0.6 is 0 Å². The van der Waals surface area contributed by atoms with Crippen LogP contribution in [-0.2, 0) is 65.4 Å². The number of hydrogen-bond donors (Lipinski definition) is 0. The van der Waals surface area contributed by atoms with E-state index in [1.165, 1.54) is 0 Å². The number of benzene rings is 2. The van der Waals surface area contributed by atoms with E-state index in [0.717, 1.165) is 0 Å². The van der Waals surface area contributed by atoms with Gasteiger partial charge in [-0.05, 0) is 0 Å². The van der Waals surface area contributed by atoms with Gasteiger partial charge < -0.3 is 0 Å². The van der Waals surface area contributed by atoms with Gasteiger partial charge in [0.25, 0.3) is 0 Å². The number of carbonyl (C=O) groups excluding carboxylic acids is 2. The van der Waals surface area contributed by atoms with Crippen LogP contribution in [0, 0.1) is 12.1 Å². The number of hydrogen-bond acceptors (Lipinski definition) is 2. The van der Waals surface area contributed by atoms with E-state index in [9.17, 15) is 9.59 Å². The standard InChI is InChI=1S/C15H10O2.2Y/c16-14(12-7-3-1-4-8-12)11-15(17)13-9-5-2-6-10-13;;/h3-10H,11H2;;/q-2;;. The first-order valence-corrected chi connectivity index (χ1v) is 5.26. The van der Waals surface area contributed by atoms with Gasteiger partial charge >= 0.3 is 0 Å². The SMILES string of the molecule is O=C(CC(=O)c1cc[c-]cc1)c1cc[c-]cc1.[Y].[Y]. The van der Waals surface area contributed by atoms with E-state index in [0.29, 0.717) is 11.1 Å². The monoisotopic (exact) mass is 400 g/mol. The van der Waals surface area contributed by atoms with Crippen molar-refractivity contribution in [2.45, 2.75) is 6.42 Å². The predicted molar refractivity (Wildman–Crippen MR) is 63.8 cm³/mol. The Morgan fingerprint density at radius 1 is 0.737 bits per heavy atom. The molecular weight excluding hydrogens is 390 g/mol. The minimum Gasteiger partial charge on any atom is -0.296 e. The van der Waals surface area contributed by atoms with E-state index in [2.05, 4.69) is 12.1 Å². The molecule has 2 rings (SSSR count). The molecule has 0 atom stereocenters. The third-order valence-electron chi connectivity index (χ3n) is 2.40. The van der Waals surface area contributed by atoms with Crippen LogP contribution in [0.15, 0.2) is 48.5 Å². The molecular formula is C15H10O2Y2-2. The summed E-state index contributed by atoms with van der Waals surface area (Å²) < 4.78 is 0. The van der Waals surface area contributed by atoms with E-state index < -0.39 is 0 Å². The Morgan fingerprint density at radius 2 is 1.05 bits per heavy atom. The topological polar surface area (TPSA) is 34.1 Å². The van der Waals surface area contributed by atoms with Gasteiger partial charge in [0.15, 0.2) is 0 Å². The Hall–Kier alpha value is -0.0122. The van der Waals surface area contributed by atoms with E-state index in [-0.39, 0.29) is 83.4 Å². The molecule has 0 aliphatic rings. The molecule has 2 aromatic carbocycles. The van der Waals surface area contributed by atoms with Crippen molar-refractivity contribution in [2.24, 2.45) is 0 Å². The van der Waals surface area contributed by atoms with Gasteiger partial charge in [0.1, 0.15) is 11.6 Å². The maximum absolute atomic E-state index is 11.8. The summed E-state index contributed by atoms with van der Waals surface area (Å²) in [5.74, 6) is -0.339. The average molecular weight is 400 g/mol. The Kier molecular flexibility index (Phi) is 9.82. The van der Waals surface area contributed by atoms with Gasteiger partial charge in [-0.15, -0.1) is 0 Å². The fraction of sp³-hybridized carbons (Fsp3) is 0.0667. The summed E-state index contributed by atoms with van der Waals surface area (Å²) in [6.45, 7) is 0. The van der Waals surface area contributed by atoms with E-state index >= 15 is 0 Å². The van der Waals surface area contributed by atoms with Gasteiger partial charge in [-0.1, -0.05) is 11.1 Å². The molecule has 0 saturated heterocycles. The first-order chi connectivity index (χ1) is 8.27. The minimum atomic E-state index is -0.170. The maximum atomic E-state index is 11.8. The number of carbonyl (C=O) groups is 2. The zero-order valence-electron chi connectivity index (χ0n) is 10.3. The summed E-state index contributed by atoms with van der Waals surface area (Å²) in [6, 6.07) is 19.0. The van der Waals surface area contributed by atoms with Crippen molar-refractivity contribution in [1.82, 2.24) is 0 Å². The molecule has 0 bridgehead atoms. The molecule has 0 heterocycles. The number of ketones is 2. The molecule has 0 spiro atoms. The molecule has 2 radical (unpaired) electrons. The average Bonchev–Trinajstić information content (AvgIpc) is 2.40. The van der Waals surface area contributed by atoms with E-state index in [1.54, 1.807) is 48.5 Å². The summed E-state index contributed by atoms with van der Waals surface area (Å²) in [5.41, 5.74) is 1.08. The second-order valence-electron chi connectivity index (χ2n) is 3.60. The second kappa shape index (κ2) is 9.82. The Labute approximate surface area is 163 Å². The summed E-state index contributed by atoms with van der Waals surface area (Å²) in [5, 5.41) is 0. The van der Waals surface area contributed by atoms with Gasteiger partial charge in [0, 0.05) is 65.4 Å². The largest absolute Gasteiger partial charge is 0.296 e. The van der Waals surface area contributed by atoms with E-state index in [1.807, 2.05) is 0 Å². The Morgan fingerprint density at radius 3 is 1.37 bits per heavy atom. The zero-order chi connectivity index (χ0) is 12.1. The Bertz CT molecular complexity index is 475. The summed E-state index contributed by atoms with van der Waals surface area (Å²) in [7, 11) is 0. The van der Waals surface area contributed by atoms with Crippen molar-refractivity contribution in [3.8, 4) is 0 Å². The maximum Gasteiger partial charge on any atom is 0.146 e. The van der Waals surface area contributed by atoms with Crippen LogP contribution in [0.2, 0.25) is 0 Å². The van der Waals surface area contributed by atoms with Crippen LogP contribution < -0.4 is 0 Å². The normalized spacial score (nSPS) is 8.84. The van der Waals surface area contributed by atoms with Crippen LogP contribution in [-0.4, -0.2) is 11.6 Å². The van der Waals surface area contributed by atoms with Crippen molar-refractivity contribution in [3.05, 3.63) is 71.8 Å². The van der Waals surface area contributed by atoms with Crippen LogP contribution in [0.3, 0.4) is 0 Å². The number of Topliss-reactive ketones (excluding diaryl/α,β-unsaturated/α-hetero) is 2. The molecule has 0 aromatic heterocycles.